The zero-order valence-corrected chi connectivity index (χ0v) is 12.1. The molecule has 0 radical (unpaired) electrons. The minimum absolute atomic E-state index is 0.251. The van der Waals surface area contributed by atoms with E-state index in [2.05, 4.69) is 20.5 Å². The van der Waals surface area contributed by atoms with Gasteiger partial charge in [0.15, 0.2) is 5.69 Å². The molecule has 0 atom stereocenters. The molecule has 0 aliphatic heterocycles. The Hall–Kier alpha value is -3.42. The van der Waals surface area contributed by atoms with Crippen molar-refractivity contribution >= 4 is 0 Å². The van der Waals surface area contributed by atoms with Crippen molar-refractivity contribution in [3.05, 3.63) is 66.4 Å². The van der Waals surface area contributed by atoms with E-state index in [0.29, 0.717) is 16.9 Å². The monoisotopic (exact) mass is 325 g/mol. The second kappa shape index (κ2) is 5.65. The van der Waals surface area contributed by atoms with E-state index >= 15 is 0 Å². The van der Waals surface area contributed by atoms with E-state index < -0.39 is 0 Å². The van der Waals surface area contributed by atoms with Crippen LogP contribution in [0.25, 0.3) is 28.7 Å². The number of aromatic nitrogens is 5. The number of hydrogen-bond donors (Lipinski definition) is 0. The van der Waals surface area contributed by atoms with Gasteiger partial charge < -0.3 is 4.52 Å². The van der Waals surface area contributed by atoms with E-state index in [-0.39, 0.29) is 23.3 Å². The lowest BCUT2D eigenvalue weighted by atomic mass is 10.2. The smallest absolute Gasteiger partial charge is 0.258 e. The van der Waals surface area contributed by atoms with Gasteiger partial charge in [-0.2, -0.15) is 4.98 Å². The summed E-state index contributed by atoms with van der Waals surface area (Å²) < 4.78 is 32.6. The van der Waals surface area contributed by atoms with Crippen molar-refractivity contribution in [2.45, 2.75) is 0 Å². The average molecular weight is 325 g/mol. The largest absolute Gasteiger partial charge is 0.334 e. The lowest BCUT2D eigenvalue weighted by Crippen LogP contribution is -1.94. The normalized spacial score (nSPS) is 10.9. The maximum atomic E-state index is 13.0. The number of benzene rings is 2. The lowest BCUT2D eigenvalue weighted by molar-refractivity contribution is 0.432. The number of halogens is 2. The van der Waals surface area contributed by atoms with Gasteiger partial charge in [-0.1, -0.05) is 10.4 Å². The zero-order valence-electron chi connectivity index (χ0n) is 12.1. The maximum Gasteiger partial charge on any atom is 0.258 e. The van der Waals surface area contributed by atoms with Crippen LogP contribution in [0.2, 0.25) is 0 Å². The highest BCUT2D eigenvalue weighted by molar-refractivity contribution is 5.56. The summed E-state index contributed by atoms with van der Waals surface area (Å²) in [5.41, 5.74) is 1.65. The molecular weight excluding hydrogens is 316 g/mol. The highest BCUT2D eigenvalue weighted by Gasteiger charge is 2.14. The first kappa shape index (κ1) is 14.2. The number of hydrogen-bond acceptors (Lipinski definition) is 5. The van der Waals surface area contributed by atoms with Crippen LogP contribution < -0.4 is 0 Å². The van der Waals surface area contributed by atoms with Gasteiger partial charge >= 0.3 is 0 Å². The van der Waals surface area contributed by atoms with Crippen molar-refractivity contribution in [3.8, 4) is 28.7 Å². The molecule has 0 aliphatic rings. The van der Waals surface area contributed by atoms with Gasteiger partial charge in [-0.3, -0.25) is 0 Å². The van der Waals surface area contributed by atoms with Crippen LogP contribution in [-0.2, 0) is 0 Å². The van der Waals surface area contributed by atoms with Gasteiger partial charge in [0.2, 0.25) is 5.82 Å². The zero-order chi connectivity index (χ0) is 16.5. The Bertz CT molecular complexity index is 895. The van der Waals surface area contributed by atoms with Crippen LogP contribution in [0.1, 0.15) is 0 Å². The van der Waals surface area contributed by atoms with Crippen LogP contribution >= 0.6 is 0 Å². The van der Waals surface area contributed by atoms with Crippen LogP contribution in [0, 0.1) is 11.6 Å². The van der Waals surface area contributed by atoms with E-state index in [0.717, 1.165) is 0 Å². The van der Waals surface area contributed by atoms with Gasteiger partial charge in [0.1, 0.15) is 11.6 Å². The van der Waals surface area contributed by atoms with Crippen LogP contribution in [-0.4, -0.2) is 25.1 Å². The Morgan fingerprint density at radius 1 is 0.875 bits per heavy atom. The molecule has 4 aromatic rings. The van der Waals surface area contributed by atoms with Gasteiger partial charge in [-0.15, -0.1) is 5.10 Å². The third-order valence-corrected chi connectivity index (χ3v) is 3.33. The Labute approximate surface area is 134 Å². The molecule has 0 fully saturated rings. The molecule has 0 aliphatic carbocycles. The standard InChI is InChI=1S/C16H9F2N5O/c17-11-3-1-10(2-4-11)16-19-15(21-24-16)14-9-23(22-20-14)13-7-5-12(18)6-8-13/h1-9H. The van der Waals surface area contributed by atoms with E-state index in [1.54, 1.807) is 30.5 Å². The summed E-state index contributed by atoms with van der Waals surface area (Å²) in [6.07, 6.45) is 1.60. The quantitative estimate of drug-likeness (QED) is 0.578. The summed E-state index contributed by atoms with van der Waals surface area (Å²) in [5.74, 6) is -0.175. The van der Waals surface area contributed by atoms with Crippen molar-refractivity contribution in [2.24, 2.45) is 0 Å². The van der Waals surface area contributed by atoms with E-state index in [4.69, 9.17) is 4.52 Å². The topological polar surface area (TPSA) is 69.6 Å². The second-order valence-electron chi connectivity index (χ2n) is 4.95. The summed E-state index contributed by atoms with van der Waals surface area (Å²) >= 11 is 0. The van der Waals surface area contributed by atoms with Gasteiger partial charge in [-0.25, -0.2) is 13.5 Å². The van der Waals surface area contributed by atoms with Crippen LogP contribution in [0.4, 0.5) is 8.78 Å². The molecule has 2 heterocycles. The molecule has 0 N–H and O–H groups in total. The first-order valence-corrected chi connectivity index (χ1v) is 6.97. The van der Waals surface area contributed by atoms with E-state index in [1.165, 1.54) is 28.9 Å². The summed E-state index contributed by atoms with van der Waals surface area (Å²) in [7, 11) is 0. The van der Waals surface area contributed by atoms with E-state index in [9.17, 15) is 8.78 Å². The summed E-state index contributed by atoms with van der Waals surface area (Å²) in [4.78, 5) is 4.23. The lowest BCUT2D eigenvalue weighted by Gasteiger charge is -1.97. The molecule has 8 heteroatoms. The Balaban J connectivity index is 1.63. The van der Waals surface area contributed by atoms with Gasteiger partial charge in [0.05, 0.1) is 11.9 Å². The molecule has 0 saturated heterocycles. The average Bonchev–Trinajstić information content (AvgIpc) is 3.25. The second-order valence-corrected chi connectivity index (χ2v) is 4.95. The Morgan fingerprint density at radius 3 is 2.25 bits per heavy atom. The minimum atomic E-state index is -0.347. The first-order chi connectivity index (χ1) is 11.7. The molecule has 118 valence electrons. The fraction of sp³-hybridized carbons (Fsp3) is 0. The molecule has 6 nitrogen and oxygen atoms in total. The molecule has 0 amide bonds. The fourth-order valence-electron chi connectivity index (χ4n) is 2.12. The molecule has 2 aromatic carbocycles. The fourth-order valence-corrected chi connectivity index (χ4v) is 2.12. The summed E-state index contributed by atoms with van der Waals surface area (Å²) in [5, 5.41) is 11.8. The summed E-state index contributed by atoms with van der Waals surface area (Å²) in [6.45, 7) is 0. The third-order valence-electron chi connectivity index (χ3n) is 3.33. The molecule has 0 unspecified atom stereocenters. The van der Waals surface area contributed by atoms with Crippen LogP contribution in [0.3, 0.4) is 0 Å². The highest BCUT2D eigenvalue weighted by atomic mass is 19.1. The number of rotatable bonds is 3. The maximum absolute atomic E-state index is 13.0. The predicted octanol–water partition coefficient (Wildman–Crippen LogP) is 3.26. The minimum Gasteiger partial charge on any atom is -0.334 e. The van der Waals surface area contributed by atoms with Crippen LogP contribution in [0.5, 0.6) is 0 Å². The van der Waals surface area contributed by atoms with Crippen LogP contribution in [0.15, 0.2) is 59.3 Å². The third kappa shape index (κ3) is 2.65. The van der Waals surface area contributed by atoms with Gasteiger partial charge in [-0.05, 0) is 48.5 Å². The summed E-state index contributed by atoms with van der Waals surface area (Å²) in [6, 6.07) is 11.5. The van der Waals surface area contributed by atoms with Crippen molar-refractivity contribution in [1.29, 1.82) is 0 Å². The van der Waals surface area contributed by atoms with Crippen molar-refractivity contribution in [2.75, 3.05) is 0 Å². The number of nitrogens with zero attached hydrogens (tertiary/aromatic N) is 5. The SMILES string of the molecule is Fc1ccc(-c2nc(-c3cn(-c4ccc(F)cc4)nn3)no2)cc1. The first-order valence-electron chi connectivity index (χ1n) is 6.97. The van der Waals surface area contributed by atoms with Gasteiger partial charge in [0.25, 0.3) is 5.89 Å². The molecule has 0 saturated carbocycles. The Kier molecular flexibility index (Phi) is 3.34. The van der Waals surface area contributed by atoms with Crippen molar-refractivity contribution < 1.29 is 13.3 Å². The molecule has 2 aromatic heterocycles. The molecule has 24 heavy (non-hydrogen) atoms. The molecular formula is C16H9F2N5O. The van der Waals surface area contributed by atoms with E-state index in [1.807, 2.05) is 0 Å². The Morgan fingerprint density at radius 2 is 1.54 bits per heavy atom. The van der Waals surface area contributed by atoms with Crippen molar-refractivity contribution in [1.82, 2.24) is 25.1 Å². The molecule has 4 rings (SSSR count). The molecule has 0 spiro atoms. The van der Waals surface area contributed by atoms with Gasteiger partial charge in [0, 0.05) is 5.56 Å². The van der Waals surface area contributed by atoms with Crippen molar-refractivity contribution in [3.63, 3.8) is 0 Å². The molecule has 0 bridgehead atoms. The highest BCUT2D eigenvalue weighted by Crippen LogP contribution is 2.21. The predicted molar refractivity (Wildman–Crippen MR) is 80.0 cm³/mol.